The number of esters is 1. The van der Waals surface area contributed by atoms with Gasteiger partial charge < -0.3 is 10.5 Å². The van der Waals surface area contributed by atoms with Gasteiger partial charge >= 0.3 is 5.97 Å². The number of hydrogen-bond donors (Lipinski definition) is 2. The van der Waals surface area contributed by atoms with Gasteiger partial charge in [0.1, 0.15) is 17.0 Å². The van der Waals surface area contributed by atoms with Gasteiger partial charge in [0.2, 0.25) is 0 Å². The Morgan fingerprint density at radius 1 is 1.17 bits per heavy atom. The maximum absolute atomic E-state index is 12.6. The molecular formula is C18H22N2O3S. The van der Waals surface area contributed by atoms with E-state index in [4.69, 9.17) is 10.5 Å². The van der Waals surface area contributed by atoms with Crippen molar-refractivity contribution in [1.82, 2.24) is 4.72 Å². The first-order chi connectivity index (χ1) is 11.5. The molecule has 0 aromatic heterocycles. The first-order valence-electron chi connectivity index (χ1n) is 7.74. The minimum atomic E-state index is -1.50. The highest BCUT2D eigenvalue weighted by Gasteiger charge is 2.29. The van der Waals surface area contributed by atoms with Crippen LogP contribution in [0.4, 0.5) is 0 Å². The lowest BCUT2D eigenvalue weighted by Crippen LogP contribution is -2.45. The first-order valence-corrected chi connectivity index (χ1v) is 8.89. The van der Waals surface area contributed by atoms with Crippen LogP contribution in [0.2, 0.25) is 0 Å². The van der Waals surface area contributed by atoms with Crippen LogP contribution < -0.4 is 10.5 Å². The van der Waals surface area contributed by atoms with Gasteiger partial charge in [-0.1, -0.05) is 48.0 Å². The van der Waals surface area contributed by atoms with E-state index in [0.717, 1.165) is 11.1 Å². The third kappa shape index (κ3) is 4.74. The van der Waals surface area contributed by atoms with Gasteiger partial charge in [-0.2, -0.15) is 0 Å². The lowest BCUT2D eigenvalue weighted by atomic mass is 10.0. The van der Waals surface area contributed by atoms with Gasteiger partial charge in [-0.25, -0.2) is 8.93 Å². The fraction of sp³-hybridized carbons (Fsp3) is 0.278. The van der Waals surface area contributed by atoms with Crippen molar-refractivity contribution in [3.8, 4) is 0 Å². The molecule has 128 valence electrons. The van der Waals surface area contributed by atoms with E-state index in [0.29, 0.717) is 4.90 Å². The van der Waals surface area contributed by atoms with E-state index in [1.54, 1.807) is 19.1 Å². The van der Waals surface area contributed by atoms with Crippen LogP contribution in [0.1, 0.15) is 24.1 Å². The Balaban J connectivity index is 2.24. The van der Waals surface area contributed by atoms with Gasteiger partial charge in [-0.05, 0) is 31.5 Å². The molecule has 0 saturated carbocycles. The molecule has 0 heterocycles. The second kappa shape index (κ2) is 8.73. The Bertz CT molecular complexity index is 689. The summed E-state index contributed by atoms with van der Waals surface area (Å²) in [5.74, 6) is -0.528. The molecule has 1 unspecified atom stereocenters. The quantitative estimate of drug-likeness (QED) is 0.754. The van der Waals surface area contributed by atoms with Crippen molar-refractivity contribution in [2.45, 2.75) is 30.8 Å². The molecule has 6 heteroatoms. The molecule has 0 spiro atoms. The molecule has 3 atom stereocenters. The van der Waals surface area contributed by atoms with Gasteiger partial charge in [0.15, 0.2) is 0 Å². The number of carbonyl (C=O) groups is 1. The molecule has 0 aliphatic rings. The summed E-state index contributed by atoms with van der Waals surface area (Å²) < 4.78 is 20.6. The lowest BCUT2D eigenvalue weighted by Gasteiger charge is -2.23. The molecule has 2 aromatic rings. The molecular weight excluding hydrogens is 324 g/mol. The zero-order chi connectivity index (χ0) is 17.5. The average molecular weight is 346 g/mol. The zero-order valence-electron chi connectivity index (χ0n) is 13.8. The molecule has 0 aliphatic carbocycles. The summed E-state index contributed by atoms with van der Waals surface area (Å²) in [7, 11) is -1.50. The molecule has 0 aliphatic heterocycles. The number of nitrogens with one attached hydrogen (secondary N) is 1. The Labute approximate surface area is 144 Å². The molecule has 3 N–H and O–H groups in total. The van der Waals surface area contributed by atoms with Crippen molar-refractivity contribution < 1.29 is 13.7 Å². The van der Waals surface area contributed by atoms with E-state index in [2.05, 4.69) is 4.72 Å². The highest BCUT2D eigenvalue weighted by atomic mass is 32.2. The fourth-order valence-corrected chi connectivity index (χ4v) is 3.26. The Morgan fingerprint density at radius 2 is 1.79 bits per heavy atom. The summed E-state index contributed by atoms with van der Waals surface area (Å²) in [6.07, 6.45) is 0. The first kappa shape index (κ1) is 18.3. The predicted octanol–water partition coefficient (Wildman–Crippen LogP) is 2.24. The number of aryl methyl sites for hydroxylation is 1. The molecule has 2 rings (SSSR count). The molecule has 0 amide bonds. The maximum atomic E-state index is 12.6. The van der Waals surface area contributed by atoms with E-state index < -0.39 is 29.0 Å². The van der Waals surface area contributed by atoms with Gasteiger partial charge in [0.25, 0.3) is 0 Å². The second-order valence-corrected chi connectivity index (χ2v) is 6.61. The molecule has 0 bridgehead atoms. The largest absolute Gasteiger partial charge is 0.465 e. The van der Waals surface area contributed by atoms with Crippen molar-refractivity contribution in [1.29, 1.82) is 0 Å². The predicted molar refractivity (Wildman–Crippen MR) is 94.5 cm³/mol. The molecule has 0 radical (unpaired) electrons. The SMILES string of the molecule is CCOC(=O)[C@@H](N)[C@@H](NS(=O)c1ccc(C)cc1)c1ccccc1. The Morgan fingerprint density at radius 3 is 2.38 bits per heavy atom. The van der Waals surface area contributed by atoms with Crippen LogP contribution >= 0.6 is 0 Å². The van der Waals surface area contributed by atoms with Crippen LogP contribution in [0.25, 0.3) is 0 Å². The third-order valence-electron chi connectivity index (χ3n) is 3.55. The van der Waals surface area contributed by atoms with Gasteiger partial charge in [0, 0.05) is 0 Å². The number of carbonyl (C=O) groups excluding carboxylic acids is 1. The molecule has 2 aromatic carbocycles. The van der Waals surface area contributed by atoms with Crippen LogP contribution in [0.5, 0.6) is 0 Å². The summed E-state index contributed by atoms with van der Waals surface area (Å²) in [6, 6.07) is 15.0. The highest BCUT2D eigenvalue weighted by molar-refractivity contribution is 7.83. The number of ether oxygens (including phenoxy) is 1. The van der Waals surface area contributed by atoms with Crippen LogP contribution in [0, 0.1) is 6.92 Å². The summed E-state index contributed by atoms with van der Waals surface area (Å²) in [5.41, 5.74) is 7.92. The summed E-state index contributed by atoms with van der Waals surface area (Å²) in [4.78, 5) is 12.7. The summed E-state index contributed by atoms with van der Waals surface area (Å²) in [6.45, 7) is 3.93. The topological polar surface area (TPSA) is 81.4 Å². The van der Waals surface area contributed by atoms with Crippen molar-refractivity contribution in [2.75, 3.05) is 6.61 Å². The van der Waals surface area contributed by atoms with Crippen LogP contribution in [0.3, 0.4) is 0 Å². The fourth-order valence-electron chi connectivity index (χ4n) is 2.23. The summed E-state index contributed by atoms with van der Waals surface area (Å²) >= 11 is 0. The number of rotatable bonds is 7. The van der Waals surface area contributed by atoms with Crippen molar-refractivity contribution in [2.24, 2.45) is 5.73 Å². The van der Waals surface area contributed by atoms with Crippen molar-refractivity contribution >= 4 is 17.0 Å². The maximum Gasteiger partial charge on any atom is 0.324 e. The molecule has 0 saturated heterocycles. The third-order valence-corrected chi connectivity index (χ3v) is 4.71. The van der Waals surface area contributed by atoms with E-state index in [-0.39, 0.29) is 6.61 Å². The number of hydrogen-bond acceptors (Lipinski definition) is 4. The zero-order valence-corrected chi connectivity index (χ0v) is 14.6. The van der Waals surface area contributed by atoms with E-state index in [1.807, 2.05) is 49.4 Å². The van der Waals surface area contributed by atoms with E-state index >= 15 is 0 Å². The van der Waals surface area contributed by atoms with Crippen LogP contribution in [-0.2, 0) is 20.5 Å². The number of benzene rings is 2. The van der Waals surface area contributed by atoms with Gasteiger partial charge in [0.05, 0.1) is 17.5 Å². The molecule has 0 fully saturated rings. The highest BCUT2D eigenvalue weighted by Crippen LogP contribution is 2.19. The van der Waals surface area contributed by atoms with Gasteiger partial charge in [-0.15, -0.1) is 0 Å². The Hall–Kier alpha value is -2.02. The van der Waals surface area contributed by atoms with Crippen molar-refractivity contribution in [3.63, 3.8) is 0 Å². The number of nitrogens with two attached hydrogens (primary N) is 1. The smallest absolute Gasteiger partial charge is 0.324 e. The Kier molecular flexibility index (Phi) is 6.66. The monoisotopic (exact) mass is 346 g/mol. The standard InChI is InChI=1S/C18H22N2O3S/c1-3-23-18(21)16(19)17(14-7-5-4-6-8-14)20-24(22)15-11-9-13(2)10-12-15/h4-12,16-17,20H,3,19H2,1-2H3/t16-,17-,24?/m0/s1. The van der Waals surface area contributed by atoms with Crippen LogP contribution in [0.15, 0.2) is 59.5 Å². The molecule has 5 nitrogen and oxygen atoms in total. The summed E-state index contributed by atoms with van der Waals surface area (Å²) in [5, 5.41) is 0. The minimum Gasteiger partial charge on any atom is -0.465 e. The average Bonchev–Trinajstić information content (AvgIpc) is 2.60. The van der Waals surface area contributed by atoms with Crippen molar-refractivity contribution in [3.05, 3.63) is 65.7 Å². The molecule has 24 heavy (non-hydrogen) atoms. The van der Waals surface area contributed by atoms with E-state index in [1.165, 1.54) is 0 Å². The lowest BCUT2D eigenvalue weighted by molar-refractivity contribution is -0.145. The van der Waals surface area contributed by atoms with E-state index in [9.17, 15) is 9.00 Å². The van der Waals surface area contributed by atoms with Crippen LogP contribution in [-0.4, -0.2) is 22.8 Å². The second-order valence-electron chi connectivity index (χ2n) is 5.37. The van der Waals surface area contributed by atoms with Gasteiger partial charge in [-0.3, -0.25) is 4.79 Å². The normalized spacial score (nSPS) is 14.6. The minimum absolute atomic E-state index is 0.245.